The molecule has 0 aliphatic carbocycles. The molecule has 18 heavy (non-hydrogen) atoms. The fraction of sp³-hybridized carbons (Fsp3) is 0.353. The summed E-state index contributed by atoms with van der Waals surface area (Å²) < 4.78 is 0. The van der Waals surface area contributed by atoms with Crippen molar-refractivity contribution in [3.05, 3.63) is 65.3 Å². The molecule has 0 aromatic heterocycles. The van der Waals surface area contributed by atoms with Crippen molar-refractivity contribution in [3.63, 3.8) is 0 Å². The van der Waals surface area contributed by atoms with E-state index in [2.05, 4.69) is 68.2 Å². The third kappa shape index (κ3) is 11.3. The van der Waals surface area contributed by atoms with Crippen LogP contribution in [-0.2, 0) is 0 Å². The summed E-state index contributed by atoms with van der Waals surface area (Å²) in [5, 5.41) is 0. The molecule has 0 spiro atoms. The highest BCUT2D eigenvalue weighted by molar-refractivity contribution is 8.03. The van der Waals surface area contributed by atoms with Crippen LogP contribution in [0.2, 0.25) is 0 Å². The molecule has 0 unspecified atom stereocenters. The summed E-state index contributed by atoms with van der Waals surface area (Å²) >= 11 is 1.80. The van der Waals surface area contributed by atoms with Gasteiger partial charge in [0, 0.05) is 10.7 Å². The fourth-order valence-corrected chi connectivity index (χ4v) is 1.89. The van der Waals surface area contributed by atoms with E-state index in [1.807, 2.05) is 13.0 Å². The molecule has 0 fully saturated rings. The van der Waals surface area contributed by atoms with E-state index in [9.17, 15) is 0 Å². The maximum atomic E-state index is 3.24. The quantitative estimate of drug-likeness (QED) is 0.391. The Morgan fingerprint density at radius 3 is 2.17 bits per heavy atom. The van der Waals surface area contributed by atoms with E-state index in [0.29, 0.717) is 0 Å². The second kappa shape index (κ2) is 13.9. The van der Waals surface area contributed by atoms with Gasteiger partial charge in [-0.3, -0.25) is 0 Å². The van der Waals surface area contributed by atoms with E-state index in [-0.39, 0.29) is 0 Å². The van der Waals surface area contributed by atoms with Crippen molar-refractivity contribution < 1.29 is 0 Å². The van der Waals surface area contributed by atoms with Gasteiger partial charge >= 0.3 is 0 Å². The van der Waals surface area contributed by atoms with Crippen LogP contribution in [0.4, 0.5) is 0 Å². The Morgan fingerprint density at radius 2 is 1.56 bits per heavy atom. The lowest BCUT2D eigenvalue weighted by Gasteiger charge is -1.94. The monoisotopic (exact) mass is 260 g/mol. The van der Waals surface area contributed by atoms with Crippen LogP contribution in [0.1, 0.15) is 33.6 Å². The van der Waals surface area contributed by atoms with Crippen LogP contribution in [0, 0.1) is 0 Å². The minimum absolute atomic E-state index is 0.978. The van der Waals surface area contributed by atoms with Crippen LogP contribution in [-0.4, -0.2) is 5.75 Å². The summed E-state index contributed by atoms with van der Waals surface area (Å²) in [6.07, 6.45) is 21.0. The Balaban J connectivity index is 4.19. The lowest BCUT2D eigenvalue weighted by molar-refractivity contribution is 1.22. The molecular formula is C17H24S. The molecule has 0 aromatic carbocycles. The Bertz CT molecular complexity index is 361. The summed E-state index contributed by atoms with van der Waals surface area (Å²) in [5.74, 6) is 0.978. The molecule has 0 aliphatic heterocycles. The van der Waals surface area contributed by atoms with Crippen molar-refractivity contribution in [2.75, 3.05) is 5.75 Å². The molecule has 0 bridgehead atoms. The first kappa shape index (κ1) is 16.8. The van der Waals surface area contributed by atoms with Gasteiger partial charge < -0.3 is 0 Å². The van der Waals surface area contributed by atoms with Gasteiger partial charge in [0.2, 0.25) is 0 Å². The third-order valence-corrected chi connectivity index (χ3v) is 2.90. The maximum absolute atomic E-state index is 3.24. The van der Waals surface area contributed by atoms with E-state index < -0.39 is 0 Å². The number of thioether (sulfide) groups is 1. The molecule has 0 saturated heterocycles. The average molecular weight is 260 g/mol. The van der Waals surface area contributed by atoms with Crippen LogP contribution in [0.25, 0.3) is 0 Å². The van der Waals surface area contributed by atoms with E-state index >= 15 is 0 Å². The molecular weight excluding hydrogens is 236 g/mol. The summed E-state index contributed by atoms with van der Waals surface area (Å²) in [7, 11) is 0. The standard InChI is InChI=1S/C17H24S/c1-4-7-9-11-13-16-18-17(14-6-3)15-12-10-8-5-2/h6-13,15H,4-5,16H2,1-3H3/b9-7-,10-8?,13-11-,15-12-. The number of hydrogen-bond acceptors (Lipinski definition) is 1. The van der Waals surface area contributed by atoms with Crippen molar-refractivity contribution in [1.82, 2.24) is 0 Å². The number of hydrogen-bond donors (Lipinski definition) is 0. The molecule has 0 nitrogen and oxygen atoms in total. The summed E-state index contributed by atoms with van der Waals surface area (Å²) in [6, 6.07) is 0. The molecule has 0 aromatic rings. The van der Waals surface area contributed by atoms with Crippen molar-refractivity contribution in [3.8, 4) is 0 Å². The van der Waals surface area contributed by atoms with Crippen molar-refractivity contribution in [1.29, 1.82) is 0 Å². The van der Waals surface area contributed by atoms with Gasteiger partial charge in [-0.2, -0.15) is 0 Å². The van der Waals surface area contributed by atoms with E-state index in [0.717, 1.165) is 18.6 Å². The van der Waals surface area contributed by atoms with Gasteiger partial charge in [-0.1, -0.05) is 56.4 Å². The van der Waals surface area contributed by atoms with Gasteiger partial charge in [0.25, 0.3) is 0 Å². The minimum atomic E-state index is 0.978. The van der Waals surface area contributed by atoms with Gasteiger partial charge in [0.05, 0.1) is 0 Å². The largest absolute Gasteiger partial charge is 0.114 e. The van der Waals surface area contributed by atoms with Crippen LogP contribution >= 0.6 is 11.8 Å². The lowest BCUT2D eigenvalue weighted by atomic mass is 10.4. The molecule has 0 saturated carbocycles. The number of allylic oxidation sites excluding steroid dienone is 7. The number of rotatable bonds is 8. The fourth-order valence-electron chi connectivity index (χ4n) is 1.12. The zero-order valence-corrected chi connectivity index (χ0v) is 12.5. The van der Waals surface area contributed by atoms with Crippen LogP contribution < -0.4 is 0 Å². The molecule has 0 aliphatic rings. The molecule has 0 amide bonds. The predicted molar refractivity (Wildman–Crippen MR) is 86.9 cm³/mol. The second-order valence-electron chi connectivity index (χ2n) is 3.57. The van der Waals surface area contributed by atoms with E-state index in [1.165, 1.54) is 4.91 Å². The van der Waals surface area contributed by atoms with Gasteiger partial charge in [-0.15, -0.1) is 17.5 Å². The summed E-state index contributed by atoms with van der Waals surface area (Å²) in [5.41, 5.74) is 3.24. The average Bonchev–Trinajstić information content (AvgIpc) is 2.38. The Hall–Kier alpha value is -1.17. The van der Waals surface area contributed by atoms with Gasteiger partial charge in [-0.25, -0.2) is 0 Å². The molecule has 0 N–H and O–H groups in total. The lowest BCUT2D eigenvalue weighted by Crippen LogP contribution is -1.72. The van der Waals surface area contributed by atoms with Crippen molar-refractivity contribution >= 4 is 11.8 Å². The first-order valence-corrected chi connectivity index (χ1v) is 7.52. The Labute approximate surface area is 117 Å². The van der Waals surface area contributed by atoms with Gasteiger partial charge in [-0.05, 0) is 31.9 Å². The molecule has 0 rings (SSSR count). The van der Waals surface area contributed by atoms with Crippen LogP contribution in [0.3, 0.4) is 0 Å². The smallest absolute Gasteiger partial charge is 0.0492 e. The van der Waals surface area contributed by atoms with E-state index in [1.54, 1.807) is 11.8 Å². The normalized spacial score (nSPS) is 11.9. The zero-order chi connectivity index (χ0) is 13.5. The highest BCUT2D eigenvalue weighted by atomic mass is 32.2. The highest BCUT2D eigenvalue weighted by Crippen LogP contribution is 2.16. The molecule has 0 radical (unpaired) electrons. The molecule has 0 atom stereocenters. The molecule has 0 heterocycles. The highest BCUT2D eigenvalue weighted by Gasteiger charge is 1.88. The first-order valence-electron chi connectivity index (χ1n) is 6.54. The Morgan fingerprint density at radius 1 is 0.944 bits per heavy atom. The van der Waals surface area contributed by atoms with Gasteiger partial charge in [0.1, 0.15) is 0 Å². The topological polar surface area (TPSA) is 0 Å². The predicted octanol–water partition coefficient (Wildman–Crippen LogP) is 5.82. The molecule has 1 heteroatoms. The van der Waals surface area contributed by atoms with Crippen molar-refractivity contribution in [2.45, 2.75) is 33.6 Å². The van der Waals surface area contributed by atoms with E-state index in [4.69, 9.17) is 0 Å². The second-order valence-corrected chi connectivity index (χ2v) is 4.63. The van der Waals surface area contributed by atoms with Gasteiger partial charge in [0.15, 0.2) is 0 Å². The summed E-state index contributed by atoms with van der Waals surface area (Å²) in [6.45, 7) is 6.27. The summed E-state index contributed by atoms with van der Waals surface area (Å²) in [4.78, 5) is 1.17. The Kier molecular flexibility index (Phi) is 13.0. The third-order valence-electron chi connectivity index (χ3n) is 1.97. The van der Waals surface area contributed by atoms with Crippen LogP contribution in [0.15, 0.2) is 65.3 Å². The SMILES string of the molecule is CC=C=C(/C=C\C=CCC)SC/C=C\C=C/CC. The van der Waals surface area contributed by atoms with Crippen molar-refractivity contribution in [2.24, 2.45) is 0 Å². The zero-order valence-electron chi connectivity index (χ0n) is 11.7. The minimum Gasteiger partial charge on any atom is -0.114 e. The molecule has 98 valence electrons. The maximum Gasteiger partial charge on any atom is 0.0492 e. The van der Waals surface area contributed by atoms with Crippen LogP contribution in [0.5, 0.6) is 0 Å². The first-order chi connectivity index (χ1) is 8.85.